The van der Waals surface area contributed by atoms with Gasteiger partial charge in [-0.2, -0.15) is 0 Å². The molecule has 1 aliphatic carbocycles. The molecule has 36 heavy (non-hydrogen) atoms. The van der Waals surface area contributed by atoms with Crippen LogP contribution in [0.1, 0.15) is 63.4 Å². The number of aryl methyl sites for hydroxylation is 1. The number of hydrogen-bond donors (Lipinski definition) is 1. The van der Waals surface area contributed by atoms with Crippen molar-refractivity contribution in [1.29, 1.82) is 0 Å². The maximum Gasteiger partial charge on any atom is 0.329 e. The Hall–Kier alpha value is -3.88. The van der Waals surface area contributed by atoms with Gasteiger partial charge in [0.05, 0.1) is 18.3 Å². The molecule has 1 saturated carbocycles. The molecule has 186 valence electrons. The number of aromatic amines is 1. The summed E-state index contributed by atoms with van der Waals surface area (Å²) in [6.07, 6.45) is 8.81. The van der Waals surface area contributed by atoms with E-state index in [0.717, 1.165) is 60.2 Å². The molecule has 0 spiro atoms. The lowest BCUT2D eigenvalue weighted by Crippen LogP contribution is -2.32. The van der Waals surface area contributed by atoms with Crippen LogP contribution >= 0.6 is 0 Å². The number of aromatic nitrogens is 7. The number of nitrogens with zero attached hydrogens (tertiary/aromatic N) is 6. The van der Waals surface area contributed by atoms with E-state index in [9.17, 15) is 9.59 Å². The summed E-state index contributed by atoms with van der Waals surface area (Å²) in [6.45, 7) is 4.60. The zero-order chi connectivity index (χ0) is 25.1. The number of carbonyl (C=O) groups excluding carboxylic acids is 1. The summed E-state index contributed by atoms with van der Waals surface area (Å²) in [5.74, 6) is 0.995. The van der Waals surface area contributed by atoms with Gasteiger partial charge in [-0.15, -0.1) is 5.10 Å². The van der Waals surface area contributed by atoms with E-state index < -0.39 is 0 Å². The molecule has 0 radical (unpaired) electrons. The zero-order valence-electron chi connectivity index (χ0n) is 20.7. The lowest BCUT2D eigenvalue weighted by Gasteiger charge is -2.17. The Balaban J connectivity index is 1.48. The van der Waals surface area contributed by atoms with Gasteiger partial charge in [0, 0.05) is 30.1 Å². The second kappa shape index (κ2) is 10.4. The highest BCUT2D eigenvalue weighted by Gasteiger charge is 2.36. The average Bonchev–Trinajstić information content (AvgIpc) is 3.64. The molecule has 0 amide bonds. The number of rotatable bonds is 9. The standard InChI is InChI=1S/C27H31N7O2/c1-3-5-9-23-17-34(25-18(4-2)10-11-24(25)35)27(36)33(23)16-22-15-20(12-13-28-22)19-7-6-8-21(14-19)26-29-31-32-30-26/h6-8,12-15,17-18,25H,3-5,9-11,16H2,1-2H3,(H,29,30,31,32). The van der Waals surface area contributed by atoms with E-state index in [4.69, 9.17) is 0 Å². The van der Waals surface area contributed by atoms with Crippen LogP contribution in [0, 0.1) is 5.92 Å². The molecule has 9 nitrogen and oxygen atoms in total. The van der Waals surface area contributed by atoms with Crippen LogP contribution in [0.5, 0.6) is 0 Å². The van der Waals surface area contributed by atoms with Gasteiger partial charge >= 0.3 is 5.69 Å². The molecule has 0 bridgehead atoms. The van der Waals surface area contributed by atoms with E-state index in [1.165, 1.54) is 0 Å². The highest BCUT2D eigenvalue weighted by atomic mass is 16.2. The van der Waals surface area contributed by atoms with Crippen LogP contribution in [-0.4, -0.2) is 40.5 Å². The molecule has 4 aromatic rings. The quantitative estimate of drug-likeness (QED) is 0.380. The number of H-pyrrole nitrogens is 1. The highest BCUT2D eigenvalue weighted by molar-refractivity contribution is 5.85. The fraction of sp³-hybridized carbons (Fsp3) is 0.407. The Labute approximate surface area is 209 Å². The van der Waals surface area contributed by atoms with E-state index >= 15 is 0 Å². The molecular weight excluding hydrogens is 454 g/mol. The SMILES string of the molecule is CCCCc1cn(C2C(=O)CCC2CC)c(=O)n1Cc1cc(-c2cccc(-c3nnn[nH]3)c2)ccn1. The number of ketones is 1. The van der Waals surface area contributed by atoms with Crippen molar-refractivity contribution >= 4 is 5.78 Å². The van der Waals surface area contributed by atoms with Gasteiger partial charge in [0.25, 0.3) is 0 Å². The van der Waals surface area contributed by atoms with Crippen molar-refractivity contribution < 1.29 is 4.79 Å². The Morgan fingerprint density at radius 1 is 1.08 bits per heavy atom. The van der Waals surface area contributed by atoms with E-state index in [0.29, 0.717) is 18.8 Å². The summed E-state index contributed by atoms with van der Waals surface area (Å²) < 4.78 is 3.50. The van der Waals surface area contributed by atoms with E-state index in [1.54, 1.807) is 15.3 Å². The van der Waals surface area contributed by atoms with Crippen LogP contribution < -0.4 is 5.69 Å². The second-order valence-corrected chi connectivity index (χ2v) is 9.48. The minimum atomic E-state index is -0.350. The number of tetrazole rings is 1. The number of nitrogens with one attached hydrogen (secondary N) is 1. The van der Waals surface area contributed by atoms with Gasteiger partial charge in [-0.3, -0.25) is 18.9 Å². The van der Waals surface area contributed by atoms with E-state index in [-0.39, 0.29) is 23.4 Å². The minimum Gasteiger partial charge on any atom is -0.297 e. The number of benzene rings is 1. The molecule has 2 unspecified atom stereocenters. The van der Waals surface area contributed by atoms with Crippen molar-refractivity contribution in [2.75, 3.05) is 0 Å². The van der Waals surface area contributed by atoms with Crippen LogP contribution in [0.15, 0.2) is 53.6 Å². The number of imidazole rings is 1. The van der Waals surface area contributed by atoms with Gasteiger partial charge in [-0.1, -0.05) is 44.9 Å². The van der Waals surface area contributed by atoms with Crippen LogP contribution in [-0.2, 0) is 17.8 Å². The first-order valence-electron chi connectivity index (χ1n) is 12.7. The molecule has 3 aromatic heterocycles. The molecule has 1 fully saturated rings. The third-order valence-electron chi connectivity index (χ3n) is 7.19. The first-order valence-corrected chi connectivity index (χ1v) is 12.7. The normalized spacial score (nSPS) is 17.7. The summed E-state index contributed by atoms with van der Waals surface area (Å²) in [7, 11) is 0. The van der Waals surface area contributed by atoms with Crippen molar-refractivity contribution in [1.82, 2.24) is 34.7 Å². The summed E-state index contributed by atoms with van der Waals surface area (Å²) >= 11 is 0. The highest BCUT2D eigenvalue weighted by Crippen LogP contribution is 2.34. The molecule has 1 aliphatic rings. The van der Waals surface area contributed by atoms with Crippen molar-refractivity contribution in [2.24, 2.45) is 5.92 Å². The molecular formula is C27H31N7O2. The predicted octanol–water partition coefficient (Wildman–Crippen LogP) is 4.21. The molecule has 1 N–H and O–H groups in total. The van der Waals surface area contributed by atoms with Crippen LogP contribution in [0.4, 0.5) is 0 Å². The Kier molecular flexibility index (Phi) is 6.88. The van der Waals surface area contributed by atoms with E-state index in [2.05, 4.69) is 39.5 Å². The van der Waals surface area contributed by atoms with Gasteiger partial charge in [-0.25, -0.2) is 9.89 Å². The number of Topliss-reactive ketones (excluding diaryl/α,β-unsaturated/α-hetero) is 1. The number of unbranched alkanes of at least 4 members (excludes halogenated alkanes) is 1. The Morgan fingerprint density at radius 3 is 2.69 bits per heavy atom. The Morgan fingerprint density at radius 2 is 1.92 bits per heavy atom. The van der Waals surface area contributed by atoms with Gasteiger partial charge in [-0.05, 0) is 64.9 Å². The summed E-state index contributed by atoms with van der Waals surface area (Å²) in [5, 5.41) is 14.1. The summed E-state index contributed by atoms with van der Waals surface area (Å²) in [5.41, 5.74) is 4.52. The van der Waals surface area contributed by atoms with Crippen molar-refractivity contribution in [3.8, 4) is 22.5 Å². The largest absolute Gasteiger partial charge is 0.329 e. The van der Waals surface area contributed by atoms with Crippen LogP contribution in [0.3, 0.4) is 0 Å². The second-order valence-electron chi connectivity index (χ2n) is 9.48. The average molecular weight is 486 g/mol. The molecule has 1 aromatic carbocycles. The first-order chi connectivity index (χ1) is 17.6. The smallest absolute Gasteiger partial charge is 0.297 e. The number of pyridine rings is 1. The molecule has 5 rings (SSSR count). The van der Waals surface area contributed by atoms with Crippen molar-refractivity contribution in [3.05, 3.63) is 70.7 Å². The van der Waals surface area contributed by atoms with Crippen molar-refractivity contribution in [2.45, 2.75) is 65.0 Å². The van der Waals surface area contributed by atoms with Crippen LogP contribution in [0.25, 0.3) is 22.5 Å². The van der Waals surface area contributed by atoms with Crippen molar-refractivity contribution in [3.63, 3.8) is 0 Å². The summed E-state index contributed by atoms with van der Waals surface area (Å²) in [6, 6.07) is 11.6. The number of carbonyl (C=O) groups is 1. The zero-order valence-corrected chi connectivity index (χ0v) is 20.7. The lowest BCUT2D eigenvalue weighted by atomic mass is 10.0. The third-order valence-corrected chi connectivity index (χ3v) is 7.19. The lowest BCUT2D eigenvalue weighted by molar-refractivity contribution is -0.120. The molecule has 9 heteroatoms. The number of hydrogen-bond acceptors (Lipinski definition) is 6. The van der Waals surface area contributed by atoms with E-state index in [1.807, 2.05) is 42.6 Å². The third kappa shape index (κ3) is 4.65. The first kappa shape index (κ1) is 23.8. The van der Waals surface area contributed by atoms with Crippen LogP contribution in [0.2, 0.25) is 0 Å². The minimum absolute atomic E-state index is 0.119. The monoisotopic (exact) mass is 485 g/mol. The molecule has 2 atom stereocenters. The van der Waals surface area contributed by atoms with Gasteiger partial charge in [0.1, 0.15) is 0 Å². The maximum atomic E-state index is 13.6. The molecule has 0 saturated heterocycles. The summed E-state index contributed by atoms with van der Waals surface area (Å²) in [4.78, 5) is 30.9. The predicted molar refractivity (Wildman–Crippen MR) is 136 cm³/mol. The molecule has 0 aliphatic heterocycles. The maximum absolute atomic E-state index is 13.6. The fourth-order valence-corrected chi connectivity index (χ4v) is 5.21. The fourth-order valence-electron chi connectivity index (χ4n) is 5.21. The van der Waals surface area contributed by atoms with Gasteiger partial charge in [0.2, 0.25) is 0 Å². The Bertz CT molecular complexity index is 1400. The topological polar surface area (TPSA) is 111 Å². The van der Waals surface area contributed by atoms with Gasteiger partial charge < -0.3 is 0 Å². The van der Waals surface area contributed by atoms with Gasteiger partial charge in [0.15, 0.2) is 11.6 Å². The molecule has 3 heterocycles.